The molecule has 1 aliphatic heterocycles. The van der Waals surface area contributed by atoms with Gasteiger partial charge in [0.05, 0.1) is 12.6 Å². The number of nitrogens with one attached hydrogen (secondary N) is 1. The van der Waals surface area contributed by atoms with Crippen LogP contribution < -0.4 is 11.1 Å². The highest BCUT2D eigenvalue weighted by molar-refractivity contribution is 5.93. The van der Waals surface area contributed by atoms with E-state index in [1.54, 1.807) is 0 Å². The molecule has 0 radical (unpaired) electrons. The molecule has 0 spiro atoms. The van der Waals surface area contributed by atoms with Crippen molar-refractivity contribution >= 4 is 11.6 Å². The van der Waals surface area contributed by atoms with E-state index >= 15 is 0 Å². The number of hydrogen-bond acceptors (Lipinski definition) is 4. The van der Waals surface area contributed by atoms with Gasteiger partial charge in [-0.2, -0.15) is 0 Å². The first-order chi connectivity index (χ1) is 9.60. The molecule has 0 aliphatic carbocycles. The number of carbonyl (C=O) groups excluding carboxylic acids is 1. The lowest BCUT2D eigenvalue weighted by molar-refractivity contribution is -0.118. The second-order valence-electron chi connectivity index (χ2n) is 5.48. The highest BCUT2D eigenvalue weighted by Crippen LogP contribution is 2.17. The number of likely N-dealkylation sites (tertiary alicyclic amines) is 1. The maximum absolute atomic E-state index is 12.1. The molecule has 5 nitrogen and oxygen atoms in total. The van der Waals surface area contributed by atoms with Crippen LogP contribution in [0.1, 0.15) is 18.9 Å². The van der Waals surface area contributed by atoms with E-state index in [-0.39, 0.29) is 12.0 Å². The first kappa shape index (κ1) is 15.0. The van der Waals surface area contributed by atoms with Crippen LogP contribution in [-0.2, 0) is 11.3 Å². The van der Waals surface area contributed by atoms with E-state index < -0.39 is 0 Å². The van der Waals surface area contributed by atoms with Crippen LogP contribution in [-0.4, -0.2) is 41.7 Å². The molecule has 2 unspecified atom stereocenters. The first-order valence-electron chi connectivity index (χ1n) is 7.08. The molecule has 1 aromatic carbocycles. The molecule has 1 heterocycles. The molecule has 0 bridgehead atoms. The van der Waals surface area contributed by atoms with Crippen LogP contribution in [0.15, 0.2) is 24.3 Å². The average molecular weight is 277 g/mol. The van der Waals surface area contributed by atoms with E-state index in [2.05, 4.69) is 5.32 Å². The minimum absolute atomic E-state index is 0.0624. The van der Waals surface area contributed by atoms with Crippen molar-refractivity contribution in [1.29, 1.82) is 0 Å². The van der Waals surface area contributed by atoms with Gasteiger partial charge in [0.15, 0.2) is 0 Å². The van der Waals surface area contributed by atoms with Crippen molar-refractivity contribution in [2.24, 2.45) is 11.7 Å². The van der Waals surface area contributed by atoms with E-state index in [4.69, 9.17) is 5.73 Å². The molecule has 4 N–H and O–H groups in total. The molecule has 0 aromatic heterocycles. The number of hydrogen-bond donors (Lipinski definition) is 3. The number of nitrogens with zero attached hydrogens (tertiary/aromatic N) is 1. The zero-order chi connectivity index (χ0) is 14.5. The van der Waals surface area contributed by atoms with Gasteiger partial charge in [-0.25, -0.2) is 0 Å². The summed E-state index contributed by atoms with van der Waals surface area (Å²) < 4.78 is 0. The second kappa shape index (κ2) is 6.83. The minimum atomic E-state index is -0.340. The summed E-state index contributed by atoms with van der Waals surface area (Å²) in [7, 11) is 0. The molecule has 110 valence electrons. The summed E-state index contributed by atoms with van der Waals surface area (Å²) >= 11 is 0. The van der Waals surface area contributed by atoms with Crippen molar-refractivity contribution in [1.82, 2.24) is 4.90 Å². The maximum Gasteiger partial charge on any atom is 0.238 e. The number of amides is 1. The van der Waals surface area contributed by atoms with Crippen LogP contribution in [0.4, 0.5) is 5.69 Å². The molecule has 0 saturated carbocycles. The largest absolute Gasteiger partial charge is 0.392 e. The van der Waals surface area contributed by atoms with Crippen molar-refractivity contribution in [3.05, 3.63) is 29.8 Å². The highest BCUT2D eigenvalue weighted by atomic mass is 16.3. The Kier molecular flexibility index (Phi) is 5.11. The topological polar surface area (TPSA) is 78.6 Å². The standard InChI is InChI=1S/C15H23N3O2/c1-11-6-7-18(9-14(11)19)10-15(20)17-13-5-3-2-4-12(13)8-16/h2-5,11,14,19H,6-10,16H2,1H3,(H,17,20). The predicted octanol–water partition coefficient (Wildman–Crippen LogP) is 0.787. The van der Waals surface area contributed by atoms with Gasteiger partial charge in [-0.1, -0.05) is 25.1 Å². The van der Waals surface area contributed by atoms with Gasteiger partial charge in [0.2, 0.25) is 5.91 Å². The Bertz CT molecular complexity index is 464. The predicted molar refractivity (Wildman–Crippen MR) is 79.2 cm³/mol. The molecular weight excluding hydrogens is 254 g/mol. The highest BCUT2D eigenvalue weighted by Gasteiger charge is 2.25. The number of piperidine rings is 1. The lowest BCUT2D eigenvalue weighted by Crippen LogP contribution is -2.45. The molecule has 1 fully saturated rings. The number of nitrogens with two attached hydrogens (primary N) is 1. The van der Waals surface area contributed by atoms with E-state index in [1.165, 1.54) is 0 Å². The summed E-state index contributed by atoms with van der Waals surface area (Å²) in [6.07, 6.45) is 0.585. The maximum atomic E-state index is 12.1. The average Bonchev–Trinajstić information content (AvgIpc) is 2.43. The van der Waals surface area contributed by atoms with Gasteiger partial charge < -0.3 is 16.2 Å². The van der Waals surface area contributed by atoms with Gasteiger partial charge >= 0.3 is 0 Å². The Morgan fingerprint density at radius 2 is 2.25 bits per heavy atom. The zero-order valence-corrected chi connectivity index (χ0v) is 11.9. The van der Waals surface area contributed by atoms with E-state index in [0.717, 1.165) is 24.2 Å². The number of benzene rings is 1. The smallest absolute Gasteiger partial charge is 0.238 e. The summed E-state index contributed by atoms with van der Waals surface area (Å²) in [6, 6.07) is 7.54. The number of β-amino-alcohol motifs (C(OH)–C–C–N with tert-alkyl or cyclic N) is 1. The van der Waals surface area contributed by atoms with Crippen LogP contribution in [0.2, 0.25) is 0 Å². The van der Waals surface area contributed by atoms with Gasteiger partial charge in [-0.3, -0.25) is 9.69 Å². The summed E-state index contributed by atoms with van der Waals surface area (Å²) in [5.74, 6) is 0.250. The second-order valence-corrected chi connectivity index (χ2v) is 5.48. The zero-order valence-electron chi connectivity index (χ0n) is 11.9. The quantitative estimate of drug-likeness (QED) is 0.760. The van der Waals surface area contributed by atoms with Crippen LogP contribution in [0, 0.1) is 5.92 Å². The number of carbonyl (C=O) groups is 1. The molecule has 20 heavy (non-hydrogen) atoms. The van der Waals surface area contributed by atoms with E-state index in [9.17, 15) is 9.90 Å². The van der Waals surface area contributed by atoms with Crippen molar-refractivity contribution in [3.63, 3.8) is 0 Å². The third-order valence-corrected chi connectivity index (χ3v) is 3.88. The van der Waals surface area contributed by atoms with Crippen molar-refractivity contribution in [3.8, 4) is 0 Å². The van der Waals surface area contributed by atoms with Gasteiger partial charge in [0.1, 0.15) is 0 Å². The van der Waals surface area contributed by atoms with Crippen molar-refractivity contribution in [2.45, 2.75) is 26.0 Å². The number of para-hydroxylation sites is 1. The normalized spacial score (nSPS) is 23.6. The fourth-order valence-electron chi connectivity index (χ4n) is 2.47. The molecule has 2 atom stereocenters. The summed E-state index contributed by atoms with van der Waals surface area (Å²) in [4.78, 5) is 14.1. The number of aliphatic hydroxyl groups is 1. The molecular formula is C15H23N3O2. The van der Waals surface area contributed by atoms with Crippen LogP contribution in [0.5, 0.6) is 0 Å². The van der Waals surface area contributed by atoms with E-state index in [0.29, 0.717) is 25.6 Å². The third-order valence-electron chi connectivity index (χ3n) is 3.88. The van der Waals surface area contributed by atoms with E-state index in [1.807, 2.05) is 36.1 Å². The van der Waals surface area contributed by atoms with Crippen LogP contribution in [0.25, 0.3) is 0 Å². The fraction of sp³-hybridized carbons (Fsp3) is 0.533. The SMILES string of the molecule is CC1CCN(CC(=O)Nc2ccccc2CN)CC1O. The molecule has 1 aliphatic rings. The Hall–Kier alpha value is -1.43. The van der Waals surface area contributed by atoms with Gasteiger partial charge in [-0.15, -0.1) is 0 Å². The Morgan fingerprint density at radius 3 is 2.95 bits per heavy atom. The first-order valence-corrected chi connectivity index (χ1v) is 7.08. The summed E-state index contributed by atoms with van der Waals surface area (Å²) in [6.45, 7) is 4.16. The number of rotatable bonds is 4. The number of anilines is 1. The Balaban J connectivity index is 1.89. The lowest BCUT2D eigenvalue weighted by Gasteiger charge is -2.33. The Morgan fingerprint density at radius 1 is 1.50 bits per heavy atom. The molecule has 2 rings (SSSR count). The molecule has 1 aromatic rings. The minimum Gasteiger partial charge on any atom is -0.392 e. The van der Waals surface area contributed by atoms with Gasteiger partial charge in [-0.05, 0) is 30.5 Å². The summed E-state index contributed by atoms with van der Waals surface area (Å²) in [5, 5.41) is 12.7. The Labute approximate surface area is 119 Å². The van der Waals surface area contributed by atoms with Crippen molar-refractivity contribution in [2.75, 3.05) is 25.0 Å². The van der Waals surface area contributed by atoms with Crippen LogP contribution in [0.3, 0.4) is 0 Å². The molecule has 1 amide bonds. The summed E-state index contributed by atoms with van der Waals surface area (Å²) in [5.41, 5.74) is 7.34. The number of aliphatic hydroxyl groups excluding tert-OH is 1. The van der Waals surface area contributed by atoms with Gasteiger partial charge in [0.25, 0.3) is 0 Å². The van der Waals surface area contributed by atoms with Crippen molar-refractivity contribution < 1.29 is 9.90 Å². The molecule has 1 saturated heterocycles. The monoisotopic (exact) mass is 277 g/mol. The third kappa shape index (κ3) is 3.79. The van der Waals surface area contributed by atoms with Gasteiger partial charge in [0, 0.05) is 18.8 Å². The van der Waals surface area contributed by atoms with Crippen LogP contribution >= 0.6 is 0 Å². The molecule has 5 heteroatoms. The lowest BCUT2D eigenvalue weighted by atomic mass is 9.96. The fourth-order valence-corrected chi connectivity index (χ4v) is 2.47.